The highest BCUT2D eigenvalue weighted by atomic mass is 35.5. The number of hydrogen-bond donors (Lipinski definition) is 1. The summed E-state index contributed by atoms with van der Waals surface area (Å²) in [5.41, 5.74) is 0.887. The zero-order valence-electron chi connectivity index (χ0n) is 11.3. The number of benzene rings is 2. The third-order valence-electron chi connectivity index (χ3n) is 2.95. The average Bonchev–Trinajstić information content (AvgIpc) is 2.46. The lowest BCUT2D eigenvalue weighted by molar-refractivity contribution is 0.0691. The van der Waals surface area contributed by atoms with Crippen LogP contribution >= 0.6 is 11.6 Å². The molecule has 0 fully saturated rings. The Balaban J connectivity index is 2.22. The van der Waals surface area contributed by atoms with Crippen LogP contribution in [0.3, 0.4) is 0 Å². The molecule has 0 unspecified atom stereocenters. The highest BCUT2D eigenvalue weighted by molar-refractivity contribution is 6.31. The van der Waals surface area contributed by atoms with Crippen molar-refractivity contribution in [1.29, 1.82) is 0 Å². The molecule has 0 radical (unpaired) electrons. The number of Topliss-reactive ketones (excluding diaryl/α,β-unsaturated/α-hetero) is 1. The molecule has 0 saturated carbocycles. The van der Waals surface area contributed by atoms with Crippen LogP contribution in [-0.2, 0) is 6.61 Å². The number of carboxylic acid groups (broad SMARTS) is 1. The molecule has 2 aromatic rings. The van der Waals surface area contributed by atoms with Gasteiger partial charge in [-0.2, -0.15) is 0 Å². The van der Waals surface area contributed by atoms with Gasteiger partial charge in [-0.25, -0.2) is 4.79 Å². The first-order chi connectivity index (χ1) is 9.99. The highest BCUT2D eigenvalue weighted by Gasteiger charge is 2.14. The van der Waals surface area contributed by atoms with Crippen molar-refractivity contribution in [1.82, 2.24) is 0 Å². The van der Waals surface area contributed by atoms with E-state index in [2.05, 4.69) is 0 Å². The topological polar surface area (TPSA) is 63.6 Å². The summed E-state index contributed by atoms with van der Waals surface area (Å²) >= 11 is 6.02. The second-order valence-electron chi connectivity index (χ2n) is 4.45. The number of hydrogen-bond acceptors (Lipinski definition) is 3. The first kappa shape index (κ1) is 15.1. The smallest absolute Gasteiger partial charge is 0.336 e. The van der Waals surface area contributed by atoms with E-state index >= 15 is 0 Å². The van der Waals surface area contributed by atoms with Crippen molar-refractivity contribution in [2.75, 3.05) is 0 Å². The van der Waals surface area contributed by atoms with Crippen LogP contribution < -0.4 is 4.74 Å². The van der Waals surface area contributed by atoms with Crippen molar-refractivity contribution in [3.63, 3.8) is 0 Å². The van der Waals surface area contributed by atoms with E-state index in [1.165, 1.54) is 19.1 Å². The maximum Gasteiger partial charge on any atom is 0.336 e. The molecule has 0 heterocycles. The summed E-state index contributed by atoms with van der Waals surface area (Å²) < 4.78 is 5.54. The summed E-state index contributed by atoms with van der Waals surface area (Å²) in [7, 11) is 0. The fraction of sp³-hybridized carbons (Fsp3) is 0.125. The molecular weight excluding hydrogens is 292 g/mol. The lowest BCUT2D eigenvalue weighted by Gasteiger charge is -2.10. The number of aromatic carboxylic acids is 1. The average molecular weight is 305 g/mol. The number of halogens is 1. The van der Waals surface area contributed by atoms with Gasteiger partial charge in [0.1, 0.15) is 12.4 Å². The second-order valence-corrected chi connectivity index (χ2v) is 4.86. The normalized spacial score (nSPS) is 10.2. The molecule has 0 spiro atoms. The Kier molecular flexibility index (Phi) is 4.60. The Hall–Kier alpha value is -2.33. The molecule has 108 valence electrons. The van der Waals surface area contributed by atoms with Crippen LogP contribution in [0.4, 0.5) is 0 Å². The van der Waals surface area contributed by atoms with Crippen molar-refractivity contribution in [2.24, 2.45) is 0 Å². The molecule has 0 atom stereocenters. The largest absolute Gasteiger partial charge is 0.489 e. The third kappa shape index (κ3) is 3.61. The fourth-order valence-electron chi connectivity index (χ4n) is 1.87. The summed E-state index contributed by atoms with van der Waals surface area (Å²) in [5, 5.41) is 9.72. The van der Waals surface area contributed by atoms with E-state index in [1.807, 2.05) is 18.2 Å². The Bertz CT molecular complexity index is 694. The van der Waals surface area contributed by atoms with Crippen molar-refractivity contribution < 1.29 is 19.4 Å². The van der Waals surface area contributed by atoms with Crippen LogP contribution in [0.1, 0.15) is 33.2 Å². The Morgan fingerprint density at radius 1 is 1.14 bits per heavy atom. The van der Waals surface area contributed by atoms with Crippen LogP contribution in [0.25, 0.3) is 0 Å². The predicted octanol–water partition coefficient (Wildman–Crippen LogP) is 3.82. The van der Waals surface area contributed by atoms with E-state index in [9.17, 15) is 9.59 Å². The van der Waals surface area contributed by atoms with E-state index in [4.69, 9.17) is 21.4 Å². The lowest BCUT2D eigenvalue weighted by Crippen LogP contribution is -2.07. The lowest BCUT2D eigenvalue weighted by atomic mass is 10.0. The number of carboxylic acids is 1. The maximum atomic E-state index is 11.4. The molecule has 0 aliphatic heterocycles. The van der Waals surface area contributed by atoms with Crippen LogP contribution in [0.5, 0.6) is 5.75 Å². The summed E-state index contributed by atoms with van der Waals surface area (Å²) in [4.78, 5) is 22.6. The van der Waals surface area contributed by atoms with Crippen molar-refractivity contribution in [2.45, 2.75) is 13.5 Å². The summed E-state index contributed by atoms with van der Waals surface area (Å²) in [5.74, 6) is -1.09. The third-order valence-corrected chi connectivity index (χ3v) is 3.32. The number of rotatable bonds is 5. The van der Waals surface area contributed by atoms with Gasteiger partial charge in [0, 0.05) is 16.1 Å². The van der Waals surface area contributed by atoms with Gasteiger partial charge in [0.2, 0.25) is 0 Å². The molecule has 0 aliphatic carbocycles. The molecule has 0 bridgehead atoms. The molecule has 0 saturated heterocycles. The Morgan fingerprint density at radius 3 is 2.48 bits per heavy atom. The monoisotopic (exact) mass is 304 g/mol. The highest BCUT2D eigenvalue weighted by Crippen LogP contribution is 2.22. The zero-order valence-corrected chi connectivity index (χ0v) is 12.1. The van der Waals surface area contributed by atoms with Crippen LogP contribution in [0.2, 0.25) is 5.02 Å². The van der Waals surface area contributed by atoms with Crippen LogP contribution in [0.15, 0.2) is 42.5 Å². The van der Waals surface area contributed by atoms with Gasteiger partial charge in [-0.05, 0) is 31.2 Å². The van der Waals surface area contributed by atoms with Gasteiger partial charge in [-0.15, -0.1) is 0 Å². The zero-order chi connectivity index (χ0) is 15.4. The van der Waals surface area contributed by atoms with Crippen molar-refractivity contribution in [3.8, 4) is 5.75 Å². The fourth-order valence-corrected chi connectivity index (χ4v) is 2.06. The van der Waals surface area contributed by atoms with Gasteiger partial charge < -0.3 is 9.84 Å². The molecule has 0 amide bonds. The number of carbonyl (C=O) groups excluding carboxylic acids is 1. The number of ketones is 1. The van der Waals surface area contributed by atoms with Gasteiger partial charge in [0.05, 0.1) is 5.56 Å². The minimum absolute atomic E-state index is 0.0702. The van der Waals surface area contributed by atoms with Gasteiger partial charge in [-0.1, -0.05) is 29.8 Å². The van der Waals surface area contributed by atoms with Crippen molar-refractivity contribution >= 4 is 23.4 Å². The Morgan fingerprint density at radius 2 is 1.86 bits per heavy atom. The summed E-state index contributed by atoms with van der Waals surface area (Å²) in [6, 6.07) is 11.6. The number of carbonyl (C=O) groups is 2. The second kappa shape index (κ2) is 6.41. The van der Waals surface area contributed by atoms with Gasteiger partial charge in [0.25, 0.3) is 0 Å². The van der Waals surface area contributed by atoms with Crippen molar-refractivity contribution in [3.05, 3.63) is 64.2 Å². The first-order valence-corrected chi connectivity index (χ1v) is 6.61. The number of ether oxygens (including phenoxy) is 1. The standard InChI is InChI=1S/C16H13ClO4/c1-10(18)13-7-6-12(8-14(13)16(19)20)21-9-11-4-2-3-5-15(11)17/h2-8H,9H2,1H3,(H,19,20). The molecule has 1 N–H and O–H groups in total. The molecule has 5 heteroatoms. The van der Waals surface area contributed by atoms with E-state index in [0.29, 0.717) is 10.8 Å². The molecule has 0 aliphatic rings. The minimum atomic E-state index is -1.16. The van der Waals surface area contributed by atoms with E-state index < -0.39 is 5.97 Å². The van der Waals surface area contributed by atoms with Crippen LogP contribution in [0, 0.1) is 0 Å². The summed E-state index contributed by atoms with van der Waals surface area (Å²) in [6.45, 7) is 1.55. The maximum absolute atomic E-state index is 11.4. The Labute approximate surface area is 126 Å². The van der Waals surface area contributed by atoms with E-state index in [1.54, 1.807) is 12.1 Å². The quantitative estimate of drug-likeness (QED) is 0.853. The van der Waals surface area contributed by atoms with E-state index in [0.717, 1.165) is 5.56 Å². The van der Waals surface area contributed by atoms with E-state index in [-0.39, 0.29) is 23.5 Å². The molecular formula is C16H13ClO4. The molecule has 2 aromatic carbocycles. The molecule has 4 nitrogen and oxygen atoms in total. The predicted molar refractivity (Wildman–Crippen MR) is 79.2 cm³/mol. The first-order valence-electron chi connectivity index (χ1n) is 6.23. The van der Waals surface area contributed by atoms with Gasteiger partial charge in [0.15, 0.2) is 5.78 Å². The van der Waals surface area contributed by atoms with Gasteiger partial charge >= 0.3 is 5.97 Å². The SMILES string of the molecule is CC(=O)c1ccc(OCc2ccccc2Cl)cc1C(=O)O. The van der Waals surface area contributed by atoms with Crippen LogP contribution in [-0.4, -0.2) is 16.9 Å². The van der Waals surface area contributed by atoms with Gasteiger partial charge in [-0.3, -0.25) is 4.79 Å². The molecule has 0 aromatic heterocycles. The molecule has 21 heavy (non-hydrogen) atoms. The summed E-state index contributed by atoms with van der Waals surface area (Å²) in [6.07, 6.45) is 0. The molecule has 2 rings (SSSR count). The minimum Gasteiger partial charge on any atom is -0.489 e.